The van der Waals surface area contributed by atoms with Gasteiger partial charge in [-0.15, -0.1) is 0 Å². The summed E-state index contributed by atoms with van der Waals surface area (Å²) in [6, 6.07) is 7.53. The van der Waals surface area contributed by atoms with Crippen LogP contribution in [0.4, 0.5) is 5.69 Å². The van der Waals surface area contributed by atoms with Crippen LogP contribution in [0.5, 0.6) is 0 Å². The van der Waals surface area contributed by atoms with E-state index in [-0.39, 0.29) is 10.9 Å². The maximum absolute atomic E-state index is 12.3. The Bertz CT molecular complexity index is 709. The molecule has 7 heteroatoms. The van der Waals surface area contributed by atoms with E-state index in [0.29, 0.717) is 11.4 Å². The number of hydrogen-bond donors (Lipinski definition) is 3. The molecule has 2 rings (SSSR count). The average Bonchev–Trinajstić information content (AvgIpc) is 2.86. The number of anilines is 1. The van der Waals surface area contributed by atoms with Crippen LogP contribution in [0.25, 0.3) is 0 Å². The molecule has 0 spiro atoms. The van der Waals surface area contributed by atoms with Crippen LogP contribution >= 0.6 is 0 Å². The van der Waals surface area contributed by atoms with E-state index in [2.05, 4.69) is 20.2 Å². The minimum absolute atomic E-state index is 0.160. The van der Waals surface area contributed by atoms with E-state index in [1.807, 2.05) is 32.0 Å². The van der Waals surface area contributed by atoms with Gasteiger partial charge in [0.2, 0.25) is 0 Å². The first-order valence-electron chi connectivity index (χ1n) is 6.80. The third-order valence-corrected chi connectivity index (χ3v) is 4.72. The molecule has 21 heavy (non-hydrogen) atoms. The molecule has 0 aliphatic rings. The van der Waals surface area contributed by atoms with Crippen molar-refractivity contribution < 1.29 is 8.42 Å². The van der Waals surface area contributed by atoms with Gasteiger partial charge in [-0.05, 0) is 38.1 Å². The Morgan fingerprint density at radius 2 is 2.14 bits per heavy atom. The third-order valence-electron chi connectivity index (χ3n) is 3.22. The van der Waals surface area contributed by atoms with Crippen LogP contribution < -0.4 is 10.0 Å². The molecule has 2 aromatic rings. The molecule has 0 radical (unpaired) electrons. The standard InChI is InChI=1S/C14H20N4O2S/c1-4-15-10(2)12-6-5-7-13(8-12)18-21(19,20)14-9-16-17-11(14)3/h5-10,15,18H,4H2,1-3H3,(H,16,17). The van der Waals surface area contributed by atoms with Crippen molar-refractivity contribution in [3.63, 3.8) is 0 Å². The zero-order chi connectivity index (χ0) is 15.5. The molecule has 1 heterocycles. The number of benzene rings is 1. The van der Waals surface area contributed by atoms with Gasteiger partial charge in [0, 0.05) is 11.7 Å². The van der Waals surface area contributed by atoms with Gasteiger partial charge in [0.15, 0.2) is 0 Å². The molecule has 3 N–H and O–H groups in total. The molecule has 1 aromatic heterocycles. The molecule has 0 bridgehead atoms. The van der Waals surface area contributed by atoms with Crippen LogP contribution in [0.1, 0.15) is 31.1 Å². The van der Waals surface area contributed by atoms with E-state index in [1.54, 1.807) is 13.0 Å². The lowest BCUT2D eigenvalue weighted by atomic mass is 10.1. The molecule has 0 fully saturated rings. The van der Waals surface area contributed by atoms with Crippen molar-refractivity contribution in [2.45, 2.75) is 31.7 Å². The molecular formula is C14H20N4O2S. The minimum Gasteiger partial charge on any atom is -0.310 e. The van der Waals surface area contributed by atoms with Crippen molar-refractivity contribution in [2.24, 2.45) is 0 Å². The molecule has 0 aliphatic heterocycles. The number of hydrogen-bond acceptors (Lipinski definition) is 4. The lowest BCUT2D eigenvalue weighted by Crippen LogP contribution is -2.18. The summed E-state index contributed by atoms with van der Waals surface area (Å²) < 4.78 is 27.2. The van der Waals surface area contributed by atoms with Crippen molar-refractivity contribution in [3.8, 4) is 0 Å². The van der Waals surface area contributed by atoms with Crippen LogP contribution in [-0.2, 0) is 10.0 Å². The Kier molecular flexibility index (Phi) is 4.64. The molecule has 6 nitrogen and oxygen atoms in total. The molecule has 0 aliphatic carbocycles. The molecule has 0 amide bonds. The van der Waals surface area contributed by atoms with Crippen LogP contribution in [-0.4, -0.2) is 25.2 Å². The van der Waals surface area contributed by atoms with E-state index >= 15 is 0 Å². The van der Waals surface area contributed by atoms with Crippen molar-refractivity contribution >= 4 is 15.7 Å². The lowest BCUT2D eigenvalue weighted by molar-refractivity contribution is 0.597. The molecular weight excluding hydrogens is 288 g/mol. The van der Waals surface area contributed by atoms with Gasteiger partial charge in [0.25, 0.3) is 10.0 Å². The summed E-state index contributed by atoms with van der Waals surface area (Å²) in [7, 11) is -3.62. The predicted octanol–water partition coefficient (Wildman–Crippen LogP) is 2.19. The summed E-state index contributed by atoms with van der Waals surface area (Å²) in [6.07, 6.45) is 1.31. The maximum atomic E-state index is 12.3. The van der Waals surface area contributed by atoms with Gasteiger partial charge in [-0.2, -0.15) is 5.10 Å². The van der Waals surface area contributed by atoms with Crippen LogP contribution in [0.2, 0.25) is 0 Å². The number of sulfonamides is 1. The van der Waals surface area contributed by atoms with Crippen LogP contribution in [0.15, 0.2) is 35.4 Å². The van der Waals surface area contributed by atoms with E-state index in [4.69, 9.17) is 0 Å². The summed E-state index contributed by atoms with van der Waals surface area (Å²) >= 11 is 0. The van der Waals surface area contributed by atoms with Crippen LogP contribution in [0, 0.1) is 6.92 Å². The van der Waals surface area contributed by atoms with E-state index in [0.717, 1.165) is 12.1 Å². The van der Waals surface area contributed by atoms with Gasteiger partial charge in [0.1, 0.15) is 4.90 Å². The fourth-order valence-corrected chi connectivity index (χ4v) is 3.30. The minimum atomic E-state index is -3.62. The number of aryl methyl sites for hydroxylation is 1. The van der Waals surface area contributed by atoms with Crippen LogP contribution in [0.3, 0.4) is 0 Å². The summed E-state index contributed by atoms with van der Waals surface area (Å²) in [4.78, 5) is 0.160. The Morgan fingerprint density at radius 3 is 2.76 bits per heavy atom. The number of aromatic amines is 1. The summed E-state index contributed by atoms with van der Waals surface area (Å²) in [5.74, 6) is 0. The van der Waals surface area contributed by atoms with Gasteiger partial charge in [-0.3, -0.25) is 9.82 Å². The first kappa shape index (κ1) is 15.5. The van der Waals surface area contributed by atoms with Gasteiger partial charge < -0.3 is 5.32 Å². The monoisotopic (exact) mass is 308 g/mol. The second-order valence-corrected chi connectivity index (χ2v) is 6.52. The first-order chi connectivity index (χ1) is 9.94. The fourth-order valence-electron chi connectivity index (χ4n) is 2.12. The van der Waals surface area contributed by atoms with Gasteiger partial charge in [-0.1, -0.05) is 19.1 Å². The Morgan fingerprint density at radius 1 is 1.38 bits per heavy atom. The molecule has 1 unspecified atom stereocenters. The largest absolute Gasteiger partial charge is 0.310 e. The molecule has 1 atom stereocenters. The zero-order valence-electron chi connectivity index (χ0n) is 12.3. The van der Waals surface area contributed by atoms with Gasteiger partial charge >= 0.3 is 0 Å². The smallest absolute Gasteiger partial charge is 0.265 e. The highest BCUT2D eigenvalue weighted by molar-refractivity contribution is 7.92. The molecule has 1 aromatic carbocycles. The SMILES string of the molecule is CCNC(C)c1cccc(NS(=O)(=O)c2cn[nH]c2C)c1. The number of H-pyrrole nitrogens is 1. The lowest BCUT2D eigenvalue weighted by Gasteiger charge is -2.14. The highest BCUT2D eigenvalue weighted by atomic mass is 32.2. The Balaban J connectivity index is 2.24. The topological polar surface area (TPSA) is 86.9 Å². The normalized spacial score (nSPS) is 13.1. The second kappa shape index (κ2) is 6.28. The van der Waals surface area contributed by atoms with E-state index in [1.165, 1.54) is 6.20 Å². The summed E-state index contributed by atoms with van der Waals surface area (Å²) in [5.41, 5.74) is 2.08. The predicted molar refractivity (Wildman–Crippen MR) is 82.7 cm³/mol. The molecule has 0 saturated heterocycles. The average molecular weight is 308 g/mol. The number of nitrogens with zero attached hydrogens (tertiary/aromatic N) is 1. The zero-order valence-corrected chi connectivity index (χ0v) is 13.2. The van der Waals surface area contributed by atoms with Crippen molar-refractivity contribution in [3.05, 3.63) is 41.7 Å². The molecule has 0 saturated carbocycles. The fraction of sp³-hybridized carbons (Fsp3) is 0.357. The first-order valence-corrected chi connectivity index (χ1v) is 8.28. The van der Waals surface area contributed by atoms with Crippen molar-refractivity contribution in [1.82, 2.24) is 15.5 Å². The van der Waals surface area contributed by atoms with Crippen molar-refractivity contribution in [1.29, 1.82) is 0 Å². The second-order valence-electron chi connectivity index (χ2n) is 4.87. The number of aromatic nitrogens is 2. The quantitative estimate of drug-likeness (QED) is 0.763. The van der Waals surface area contributed by atoms with E-state index < -0.39 is 10.0 Å². The van der Waals surface area contributed by atoms with Crippen molar-refractivity contribution in [2.75, 3.05) is 11.3 Å². The summed E-state index contributed by atoms with van der Waals surface area (Å²) in [6.45, 7) is 6.60. The highest BCUT2D eigenvalue weighted by Gasteiger charge is 2.18. The number of rotatable bonds is 6. The molecule has 114 valence electrons. The van der Waals surface area contributed by atoms with Gasteiger partial charge in [-0.25, -0.2) is 8.42 Å². The van der Waals surface area contributed by atoms with E-state index in [9.17, 15) is 8.42 Å². The Labute approximate surface area is 125 Å². The third kappa shape index (κ3) is 3.62. The number of nitrogens with one attached hydrogen (secondary N) is 3. The van der Waals surface area contributed by atoms with Gasteiger partial charge in [0.05, 0.1) is 11.9 Å². The Hall–Kier alpha value is -1.86. The summed E-state index contributed by atoms with van der Waals surface area (Å²) in [5, 5.41) is 9.67. The maximum Gasteiger partial charge on any atom is 0.265 e. The highest BCUT2D eigenvalue weighted by Crippen LogP contribution is 2.21.